The zero-order valence-corrected chi connectivity index (χ0v) is 14.6. The lowest BCUT2D eigenvalue weighted by Gasteiger charge is -2.25. The van der Waals surface area contributed by atoms with Crippen LogP contribution in [0.2, 0.25) is 0 Å². The van der Waals surface area contributed by atoms with Gasteiger partial charge < -0.3 is 11.1 Å². The average Bonchev–Trinajstić information content (AvgIpc) is 2.58. The number of nitrogens with zero attached hydrogens (tertiary/aromatic N) is 1. The van der Waals surface area contributed by atoms with E-state index in [4.69, 9.17) is 5.73 Å². The van der Waals surface area contributed by atoms with Crippen molar-refractivity contribution in [3.8, 4) is 0 Å². The van der Waals surface area contributed by atoms with E-state index in [1.807, 2.05) is 0 Å². The minimum Gasteiger partial charge on any atom is -0.352 e. The van der Waals surface area contributed by atoms with Gasteiger partial charge in [-0.25, -0.2) is 0 Å². The number of hydrogen-bond acceptors (Lipinski definition) is 3. The summed E-state index contributed by atoms with van der Waals surface area (Å²) in [4.78, 5) is 14.6. The maximum Gasteiger partial charge on any atom is 0.223 e. The standard InChI is InChI=1S/C19H31N3O/c1-3-22(4-2)14-16-10-8-15(9-11-16)13-21-19(23)17-6-5-7-18(20)12-17/h8-11,17-18H,3-7,12-14,20H2,1-2H3,(H,21,23). The van der Waals surface area contributed by atoms with Gasteiger partial charge in [-0.1, -0.05) is 44.5 Å². The summed E-state index contributed by atoms with van der Waals surface area (Å²) >= 11 is 0. The second kappa shape index (κ2) is 9.04. The molecule has 4 nitrogen and oxygen atoms in total. The van der Waals surface area contributed by atoms with E-state index in [2.05, 4.69) is 48.3 Å². The molecule has 1 amide bonds. The topological polar surface area (TPSA) is 58.4 Å². The molecule has 1 aromatic rings. The third-order valence-corrected chi connectivity index (χ3v) is 4.88. The van der Waals surface area contributed by atoms with Crippen molar-refractivity contribution in [1.82, 2.24) is 10.2 Å². The number of carbonyl (C=O) groups excluding carboxylic acids is 1. The van der Waals surface area contributed by atoms with Crippen LogP contribution in [0.5, 0.6) is 0 Å². The lowest BCUT2D eigenvalue weighted by molar-refractivity contribution is -0.126. The first-order valence-corrected chi connectivity index (χ1v) is 8.95. The van der Waals surface area contributed by atoms with E-state index < -0.39 is 0 Å². The molecular weight excluding hydrogens is 286 g/mol. The van der Waals surface area contributed by atoms with E-state index in [0.717, 1.165) is 50.9 Å². The van der Waals surface area contributed by atoms with E-state index in [9.17, 15) is 4.79 Å². The normalized spacial score (nSPS) is 21.4. The van der Waals surface area contributed by atoms with E-state index in [-0.39, 0.29) is 17.9 Å². The van der Waals surface area contributed by atoms with Crippen molar-refractivity contribution in [3.05, 3.63) is 35.4 Å². The zero-order chi connectivity index (χ0) is 16.7. The predicted molar refractivity (Wildman–Crippen MR) is 94.8 cm³/mol. The van der Waals surface area contributed by atoms with Crippen LogP contribution in [0.1, 0.15) is 50.7 Å². The molecule has 128 valence electrons. The summed E-state index contributed by atoms with van der Waals surface area (Å²) in [6, 6.07) is 8.75. The van der Waals surface area contributed by atoms with Crippen LogP contribution < -0.4 is 11.1 Å². The molecule has 1 aliphatic carbocycles. The van der Waals surface area contributed by atoms with Crippen LogP contribution in [0.4, 0.5) is 0 Å². The SMILES string of the molecule is CCN(CC)Cc1ccc(CNC(=O)C2CCCC(N)C2)cc1. The second-order valence-corrected chi connectivity index (χ2v) is 6.62. The van der Waals surface area contributed by atoms with Gasteiger partial charge in [0.1, 0.15) is 0 Å². The van der Waals surface area contributed by atoms with Gasteiger partial charge in [0.05, 0.1) is 0 Å². The van der Waals surface area contributed by atoms with E-state index >= 15 is 0 Å². The molecule has 0 aliphatic heterocycles. The van der Waals surface area contributed by atoms with Gasteiger partial charge in [0.25, 0.3) is 0 Å². The van der Waals surface area contributed by atoms with Gasteiger partial charge in [-0.2, -0.15) is 0 Å². The molecule has 3 N–H and O–H groups in total. The highest BCUT2D eigenvalue weighted by Gasteiger charge is 2.24. The monoisotopic (exact) mass is 317 g/mol. The molecular formula is C19H31N3O. The number of nitrogens with one attached hydrogen (secondary N) is 1. The summed E-state index contributed by atoms with van der Waals surface area (Å²) in [6.07, 6.45) is 3.92. The van der Waals surface area contributed by atoms with Crippen LogP contribution >= 0.6 is 0 Å². The largest absolute Gasteiger partial charge is 0.352 e. The first kappa shape index (κ1) is 18.0. The van der Waals surface area contributed by atoms with E-state index in [0.29, 0.717) is 6.54 Å². The second-order valence-electron chi connectivity index (χ2n) is 6.62. The molecule has 0 saturated heterocycles. The average molecular weight is 317 g/mol. The number of amides is 1. The third-order valence-electron chi connectivity index (χ3n) is 4.88. The van der Waals surface area contributed by atoms with Crippen molar-refractivity contribution >= 4 is 5.91 Å². The molecule has 0 bridgehead atoms. The van der Waals surface area contributed by atoms with Crippen molar-refractivity contribution in [3.63, 3.8) is 0 Å². The summed E-state index contributed by atoms with van der Waals surface area (Å²) in [7, 11) is 0. The molecule has 1 aromatic carbocycles. The Morgan fingerprint density at radius 1 is 1.17 bits per heavy atom. The van der Waals surface area contributed by atoms with Crippen molar-refractivity contribution in [2.24, 2.45) is 11.7 Å². The smallest absolute Gasteiger partial charge is 0.223 e. The lowest BCUT2D eigenvalue weighted by atomic mass is 9.85. The Kier molecular flexibility index (Phi) is 7.06. The number of carbonyl (C=O) groups is 1. The molecule has 2 rings (SSSR count). The third kappa shape index (κ3) is 5.63. The van der Waals surface area contributed by atoms with Crippen LogP contribution in [0, 0.1) is 5.92 Å². The van der Waals surface area contributed by atoms with Crippen LogP contribution in [-0.2, 0) is 17.9 Å². The molecule has 0 aromatic heterocycles. The molecule has 0 heterocycles. The fourth-order valence-electron chi connectivity index (χ4n) is 3.27. The van der Waals surface area contributed by atoms with Gasteiger partial charge in [-0.05, 0) is 43.5 Å². The minimum absolute atomic E-state index is 0.0979. The van der Waals surface area contributed by atoms with Crippen molar-refractivity contribution in [1.29, 1.82) is 0 Å². The van der Waals surface area contributed by atoms with E-state index in [1.165, 1.54) is 5.56 Å². The Hall–Kier alpha value is -1.39. The van der Waals surface area contributed by atoms with Crippen molar-refractivity contribution in [2.45, 2.75) is 58.7 Å². The Bertz CT molecular complexity index is 482. The zero-order valence-electron chi connectivity index (χ0n) is 14.6. The fraction of sp³-hybridized carbons (Fsp3) is 0.632. The number of benzene rings is 1. The highest BCUT2D eigenvalue weighted by molar-refractivity contribution is 5.78. The maximum absolute atomic E-state index is 12.2. The number of rotatable bonds is 7. The van der Waals surface area contributed by atoms with Crippen molar-refractivity contribution in [2.75, 3.05) is 13.1 Å². The Morgan fingerprint density at radius 2 is 1.83 bits per heavy atom. The van der Waals surface area contributed by atoms with Gasteiger partial charge in [0.15, 0.2) is 0 Å². The maximum atomic E-state index is 12.2. The Balaban J connectivity index is 1.80. The number of nitrogens with two attached hydrogens (primary N) is 1. The molecule has 4 heteroatoms. The Labute approximate surface area is 140 Å². The Morgan fingerprint density at radius 3 is 2.43 bits per heavy atom. The summed E-state index contributed by atoms with van der Waals surface area (Å²) in [5.74, 6) is 0.257. The van der Waals surface area contributed by atoms with Gasteiger partial charge in [0, 0.05) is 25.0 Å². The van der Waals surface area contributed by atoms with Gasteiger partial charge in [0.2, 0.25) is 5.91 Å². The van der Waals surface area contributed by atoms with Crippen LogP contribution in [0.15, 0.2) is 24.3 Å². The van der Waals surface area contributed by atoms with Crippen LogP contribution in [0.25, 0.3) is 0 Å². The molecule has 0 spiro atoms. The van der Waals surface area contributed by atoms with E-state index in [1.54, 1.807) is 0 Å². The van der Waals surface area contributed by atoms with Crippen LogP contribution in [0.3, 0.4) is 0 Å². The molecule has 1 fully saturated rings. The minimum atomic E-state index is 0.0979. The molecule has 2 atom stereocenters. The number of hydrogen-bond donors (Lipinski definition) is 2. The summed E-state index contributed by atoms with van der Waals surface area (Å²) in [5.41, 5.74) is 8.44. The van der Waals surface area contributed by atoms with Crippen molar-refractivity contribution < 1.29 is 4.79 Å². The fourth-order valence-corrected chi connectivity index (χ4v) is 3.27. The first-order chi connectivity index (χ1) is 11.1. The molecule has 2 unspecified atom stereocenters. The summed E-state index contributed by atoms with van der Waals surface area (Å²) in [5, 5.41) is 3.07. The first-order valence-electron chi connectivity index (χ1n) is 8.95. The molecule has 0 radical (unpaired) electrons. The van der Waals surface area contributed by atoms with Gasteiger partial charge in [-0.3, -0.25) is 9.69 Å². The predicted octanol–water partition coefficient (Wildman–Crippen LogP) is 2.66. The van der Waals surface area contributed by atoms with Crippen LogP contribution in [-0.4, -0.2) is 29.9 Å². The molecule has 1 saturated carbocycles. The highest BCUT2D eigenvalue weighted by Crippen LogP contribution is 2.23. The lowest BCUT2D eigenvalue weighted by Crippen LogP contribution is -2.37. The van der Waals surface area contributed by atoms with Gasteiger partial charge in [-0.15, -0.1) is 0 Å². The molecule has 1 aliphatic rings. The quantitative estimate of drug-likeness (QED) is 0.813. The molecule has 23 heavy (non-hydrogen) atoms. The summed E-state index contributed by atoms with van der Waals surface area (Å²) in [6.45, 7) is 8.10. The highest BCUT2D eigenvalue weighted by atomic mass is 16.1. The van der Waals surface area contributed by atoms with Gasteiger partial charge >= 0.3 is 0 Å². The summed E-state index contributed by atoms with van der Waals surface area (Å²) < 4.78 is 0.